The van der Waals surface area contributed by atoms with Crippen molar-refractivity contribution >= 4 is 39.7 Å². The van der Waals surface area contributed by atoms with Crippen molar-refractivity contribution in [3.63, 3.8) is 0 Å². The molecule has 1 heterocycles. The van der Waals surface area contributed by atoms with Crippen molar-refractivity contribution in [2.45, 2.75) is 0 Å². The van der Waals surface area contributed by atoms with Crippen molar-refractivity contribution in [2.24, 2.45) is 0 Å². The molecule has 1 amide bonds. The first kappa shape index (κ1) is 14.3. The summed E-state index contributed by atoms with van der Waals surface area (Å²) >= 11 is 5.78. The van der Waals surface area contributed by atoms with Gasteiger partial charge in [-0.05, 0) is 12.1 Å². The first-order valence-corrected chi connectivity index (χ1v) is 6.82. The van der Waals surface area contributed by atoms with Crippen molar-refractivity contribution < 1.29 is 9.18 Å². The molecule has 0 spiro atoms. The Bertz CT molecular complexity index is 877. The standard InChI is InChI=1S/C16H11ClFN3O/c17-10-5-12(15(19)13(18)6-10)16(22)21-14-8-20-7-9-3-1-2-4-11(9)14/h1-8H,19H2,(H,21,22). The molecule has 0 aliphatic carbocycles. The maximum atomic E-state index is 13.6. The third kappa shape index (κ3) is 2.58. The van der Waals surface area contributed by atoms with E-state index in [4.69, 9.17) is 17.3 Å². The van der Waals surface area contributed by atoms with Crippen LogP contribution in [0.15, 0.2) is 48.8 Å². The lowest BCUT2D eigenvalue weighted by molar-refractivity contribution is 0.102. The number of benzene rings is 2. The highest BCUT2D eigenvalue weighted by Gasteiger charge is 2.15. The number of carbonyl (C=O) groups is 1. The number of nitrogens with two attached hydrogens (primary N) is 1. The number of nitrogen functional groups attached to an aromatic ring is 1. The van der Waals surface area contributed by atoms with E-state index in [1.807, 2.05) is 24.3 Å². The van der Waals surface area contributed by atoms with Crippen LogP contribution in [0.1, 0.15) is 10.4 Å². The molecule has 2 aromatic carbocycles. The molecule has 0 saturated heterocycles. The fourth-order valence-electron chi connectivity index (χ4n) is 2.18. The van der Waals surface area contributed by atoms with E-state index in [1.165, 1.54) is 12.3 Å². The number of nitrogens with one attached hydrogen (secondary N) is 1. The normalized spacial score (nSPS) is 10.6. The van der Waals surface area contributed by atoms with Gasteiger partial charge in [0.25, 0.3) is 5.91 Å². The van der Waals surface area contributed by atoms with Gasteiger partial charge < -0.3 is 11.1 Å². The highest BCUT2D eigenvalue weighted by atomic mass is 35.5. The van der Waals surface area contributed by atoms with Gasteiger partial charge in [0.15, 0.2) is 0 Å². The van der Waals surface area contributed by atoms with E-state index in [-0.39, 0.29) is 16.3 Å². The minimum atomic E-state index is -0.728. The zero-order valence-electron chi connectivity index (χ0n) is 11.3. The van der Waals surface area contributed by atoms with Gasteiger partial charge in [-0.1, -0.05) is 35.9 Å². The van der Waals surface area contributed by atoms with Crippen LogP contribution in [0, 0.1) is 5.82 Å². The summed E-state index contributed by atoms with van der Waals surface area (Å²) in [4.78, 5) is 16.4. The molecule has 4 nitrogen and oxygen atoms in total. The van der Waals surface area contributed by atoms with Crippen LogP contribution >= 0.6 is 11.6 Å². The average Bonchev–Trinajstić information content (AvgIpc) is 2.51. The van der Waals surface area contributed by atoms with Crippen molar-refractivity contribution in [1.29, 1.82) is 0 Å². The predicted molar refractivity (Wildman–Crippen MR) is 85.5 cm³/mol. The Hall–Kier alpha value is -2.66. The zero-order chi connectivity index (χ0) is 15.7. The fourth-order valence-corrected chi connectivity index (χ4v) is 2.38. The maximum absolute atomic E-state index is 13.6. The molecule has 0 aliphatic rings. The minimum Gasteiger partial charge on any atom is -0.396 e. The Balaban J connectivity index is 2.01. The van der Waals surface area contributed by atoms with E-state index in [0.717, 1.165) is 16.8 Å². The molecule has 0 bridgehead atoms. The summed E-state index contributed by atoms with van der Waals surface area (Å²) in [5.74, 6) is -1.27. The van der Waals surface area contributed by atoms with E-state index < -0.39 is 11.7 Å². The number of rotatable bonds is 2. The van der Waals surface area contributed by atoms with Crippen LogP contribution in [0.5, 0.6) is 0 Å². The van der Waals surface area contributed by atoms with Gasteiger partial charge in [0, 0.05) is 22.0 Å². The van der Waals surface area contributed by atoms with Crippen LogP contribution in [0.25, 0.3) is 10.8 Å². The molecule has 1 aromatic heterocycles. The number of carbonyl (C=O) groups excluding carboxylic acids is 1. The monoisotopic (exact) mass is 315 g/mol. The molecule has 110 valence electrons. The summed E-state index contributed by atoms with van der Waals surface area (Å²) in [5, 5.41) is 4.50. The lowest BCUT2D eigenvalue weighted by Gasteiger charge is -2.10. The van der Waals surface area contributed by atoms with Gasteiger partial charge >= 0.3 is 0 Å². The first-order chi connectivity index (χ1) is 10.6. The number of nitrogens with zero attached hydrogens (tertiary/aromatic N) is 1. The number of hydrogen-bond acceptors (Lipinski definition) is 3. The third-order valence-corrected chi connectivity index (χ3v) is 3.47. The Kier molecular flexibility index (Phi) is 3.65. The Labute approximate surface area is 130 Å². The number of amides is 1. The number of halogens is 2. The van der Waals surface area contributed by atoms with Gasteiger partial charge in [0.1, 0.15) is 5.82 Å². The second-order valence-electron chi connectivity index (χ2n) is 4.71. The van der Waals surface area contributed by atoms with E-state index in [1.54, 1.807) is 6.20 Å². The van der Waals surface area contributed by atoms with Gasteiger partial charge in [-0.2, -0.15) is 0 Å². The summed E-state index contributed by atoms with van der Waals surface area (Å²) < 4.78 is 13.6. The van der Waals surface area contributed by atoms with E-state index in [9.17, 15) is 9.18 Å². The van der Waals surface area contributed by atoms with Gasteiger partial charge in [-0.15, -0.1) is 0 Å². The molecule has 0 aliphatic heterocycles. The van der Waals surface area contributed by atoms with E-state index >= 15 is 0 Å². The van der Waals surface area contributed by atoms with Gasteiger partial charge in [0.05, 0.1) is 23.1 Å². The van der Waals surface area contributed by atoms with Crippen LogP contribution in [-0.2, 0) is 0 Å². The molecule has 3 aromatic rings. The van der Waals surface area contributed by atoms with Crippen molar-refractivity contribution in [3.05, 3.63) is 65.2 Å². The van der Waals surface area contributed by atoms with Crippen molar-refractivity contribution in [3.8, 4) is 0 Å². The summed E-state index contributed by atoms with van der Waals surface area (Å²) in [7, 11) is 0. The predicted octanol–water partition coefficient (Wildman–Crippen LogP) is 3.86. The summed E-state index contributed by atoms with van der Waals surface area (Å²) in [5.41, 5.74) is 5.87. The van der Waals surface area contributed by atoms with E-state index in [2.05, 4.69) is 10.3 Å². The van der Waals surface area contributed by atoms with Crippen LogP contribution < -0.4 is 11.1 Å². The molecule has 0 atom stereocenters. The molecule has 0 radical (unpaired) electrons. The second kappa shape index (κ2) is 5.61. The molecular formula is C16H11ClFN3O. The van der Waals surface area contributed by atoms with Gasteiger partial charge in [-0.25, -0.2) is 4.39 Å². The largest absolute Gasteiger partial charge is 0.396 e. The lowest BCUT2D eigenvalue weighted by Crippen LogP contribution is -2.15. The van der Waals surface area contributed by atoms with Gasteiger partial charge in [0.2, 0.25) is 0 Å². The zero-order valence-corrected chi connectivity index (χ0v) is 12.1. The topological polar surface area (TPSA) is 68.0 Å². The number of anilines is 2. The maximum Gasteiger partial charge on any atom is 0.257 e. The number of aromatic nitrogens is 1. The van der Waals surface area contributed by atoms with Crippen LogP contribution in [0.3, 0.4) is 0 Å². The molecule has 0 unspecified atom stereocenters. The average molecular weight is 316 g/mol. The van der Waals surface area contributed by atoms with Gasteiger partial charge in [-0.3, -0.25) is 9.78 Å². The highest BCUT2D eigenvalue weighted by molar-refractivity contribution is 6.31. The summed E-state index contributed by atoms with van der Waals surface area (Å²) in [6, 6.07) is 9.85. The third-order valence-electron chi connectivity index (χ3n) is 3.26. The molecular weight excluding hydrogens is 305 g/mol. The van der Waals surface area contributed by atoms with Crippen molar-refractivity contribution in [1.82, 2.24) is 4.98 Å². The summed E-state index contributed by atoms with van der Waals surface area (Å²) in [6.45, 7) is 0. The highest BCUT2D eigenvalue weighted by Crippen LogP contribution is 2.25. The molecule has 3 N–H and O–H groups in total. The number of pyridine rings is 1. The minimum absolute atomic E-state index is 0.0158. The number of hydrogen-bond donors (Lipinski definition) is 2. The van der Waals surface area contributed by atoms with Crippen LogP contribution in [-0.4, -0.2) is 10.9 Å². The Morgan fingerprint density at radius 3 is 2.82 bits per heavy atom. The molecule has 3 rings (SSSR count). The molecule has 22 heavy (non-hydrogen) atoms. The quantitative estimate of drug-likeness (QED) is 0.706. The lowest BCUT2D eigenvalue weighted by atomic mass is 10.1. The Morgan fingerprint density at radius 1 is 1.23 bits per heavy atom. The SMILES string of the molecule is Nc1c(F)cc(Cl)cc1C(=O)Nc1cncc2ccccc12. The van der Waals surface area contributed by atoms with E-state index in [0.29, 0.717) is 5.69 Å². The first-order valence-electron chi connectivity index (χ1n) is 6.45. The molecule has 6 heteroatoms. The second-order valence-corrected chi connectivity index (χ2v) is 5.15. The van der Waals surface area contributed by atoms with Crippen molar-refractivity contribution in [2.75, 3.05) is 11.1 Å². The fraction of sp³-hybridized carbons (Fsp3) is 0. The molecule has 0 saturated carbocycles. The number of fused-ring (bicyclic) bond motifs is 1. The van der Waals surface area contributed by atoms with Crippen LogP contribution in [0.2, 0.25) is 5.02 Å². The Morgan fingerprint density at radius 2 is 2.00 bits per heavy atom. The van der Waals surface area contributed by atoms with Crippen LogP contribution in [0.4, 0.5) is 15.8 Å². The molecule has 0 fully saturated rings. The smallest absolute Gasteiger partial charge is 0.257 e. The summed E-state index contributed by atoms with van der Waals surface area (Å²) in [6.07, 6.45) is 3.22.